The smallest absolute Gasteiger partial charge is 0.286 e. The Kier molecular flexibility index (Phi) is 7.20. The second-order valence-corrected chi connectivity index (χ2v) is 7.29. The van der Waals surface area contributed by atoms with Crippen molar-refractivity contribution in [2.75, 3.05) is 19.0 Å². The van der Waals surface area contributed by atoms with Gasteiger partial charge in [-0.25, -0.2) is 0 Å². The molecule has 7 heteroatoms. The van der Waals surface area contributed by atoms with Gasteiger partial charge in [0.15, 0.2) is 11.5 Å². The molecule has 0 aliphatic rings. The molecule has 1 amide bonds. The van der Waals surface area contributed by atoms with E-state index >= 15 is 0 Å². The van der Waals surface area contributed by atoms with Crippen LogP contribution in [-0.4, -0.2) is 24.5 Å². The summed E-state index contributed by atoms with van der Waals surface area (Å²) in [5.74, 6) is 0.283. The highest BCUT2D eigenvalue weighted by molar-refractivity contribution is 6.08. The van der Waals surface area contributed by atoms with Crippen molar-refractivity contribution in [3.05, 3.63) is 57.1 Å². The molecule has 0 radical (unpaired) electrons. The van der Waals surface area contributed by atoms with Gasteiger partial charge in [0.2, 0.25) is 0 Å². The molecule has 1 N–H and O–H groups in total. The van der Waals surface area contributed by atoms with Crippen molar-refractivity contribution in [1.82, 2.24) is 0 Å². The van der Waals surface area contributed by atoms with E-state index in [9.17, 15) is 14.9 Å². The summed E-state index contributed by atoms with van der Waals surface area (Å²) < 4.78 is 10.7. The number of ether oxygens (including phenoxy) is 2. The van der Waals surface area contributed by atoms with E-state index in [-0.39, 0.29) is 34.6 Å². The predicted octanol–water partition coefficient (Wildman–Crippen LogP) is 5.50. The van der Waals surface area contributed by atoms with Crippen LogP contribution < -0.4 is 14.8 Å². The summed E-state index contributed by atoms with van der Waals surface area (Å²) in [6.45, 7) is 10.3. The minimum absolute atomic E-state index is 0.0764. The van der Waals surface area contributed by atoms with Crippen LogP contribution in [0.4, 0.5) is 11.4 Å². The topological polar surface area (TPSA) is 90.7 Å². The monoisotopic (exact) mass is 400 g/mol. The highest BCUT2D eigenvalue weighted by Gasteiger charge is 2.26. The number of nitro benzene ring substituents is 1. The minimum atomic E-state index is -0.592. The molecular weight excluding hydrogens is 372 g/mol. The summed E-state index contributed by atoms with van der Waals surface area (Å²) in [6.07, 6.45) is 0. The van der Waals surface area contributed by atoms with Crippen molar-refractivity contribution in [3.63, 3.8) is 0 Å². The second kappa shape index (κ2) is 9.41. The minimum Gasteiger partial charge on any atom is -0.493 e. The number of nitrogens with one attached hydrogen (secondary N) is 1. The Labute approximate surface area is 171 Å². The van der Waals surface area contributed by atoms with Crippen LogP contribution in [-0.2, 0) is 0 Å². The van der Waals surface area contributed by atoms with Crippen LogP contribution in [0, 0.1) is 10.1 Å². The average Bonchev–Trinajstić information content (AvgIpc) is 2.67. The molecule has 0 saturated heterocycles. The number of hydrogen-bond donors (Lipinski definition) is 1. The SMILES string of the molecule is CCOc1cc(C(=O)Nc2c(C(C)C)cccc2C(C)C)c([N+](=O)[O-])cc1OC. The molecule has 0 fully saturated rings. The quantitative estimate of drug-likeness (QED) is 0.467. The Morgan fingerprint density at radius 3 is 2.14 bits per heavy atom. The van der Waals surface area contributed by atoms with Crippen molar-refractivity contribution in [3.8, 4) is 11.5 Å². The van der Waals surface area contributed by atoms with Crippen LogP contribution in [0.5, 0.6) is 11.5 Å². The largest absolute Gasteiger partial charge is 0.493 e. The van der Waals surface area contributed by atoms with Gasteiger partial charge < -0.3 is 14.8 Å². The van der Waals surface area contributed by atoms with Gasteiger partial charge in [0.1, 0.15) is 5.56 Å². The van der Waals surface area contributed by atoms with Crippen molar-refractivity contribution in [2.45, 2.75) is 46.5 Å². The number of carbonyl (C=O) groups excluding carboxylic acids is 1. The van der Waals surface area contributed by atoms with Crippen molar-refractivity contribution < 1.29 is 19.2 Å². The van der Waals surface area contributed by atoms with Crippen LogP contribution in [0.2, 0.25) is 0 Å². The first kappa shape index (κ1) is 22.2. The Morgan fingerprint density at radius 2 is 1.69 bits per heavy atom. The van der Waals surface area contributed by atoms with Gasteiger partial charge in [-0.2, -0.15) is 0 Å². The van der Waals surface area contributed by atoms with E-state index in [2.05, 4.69) is 5.32 Å². The van der Waals surface area contributed by atoms with E-state index in [1.807, 2.05) is 45.9 Å². The van der Waals surface area contributed by atoms with Gasteiger partial charge in [0.05, 0.1) is 24.7 Å². The third-order valence-corrected chi connectivity index (χ3v) is 4.63. The molecule has 0 spiro atoms. The van der Waals surface area contributed by atoms with Gasteiger partial charge in [-0.05, 0) is 29.9 Å². The van der Waals surface area contributed by atoms with Crippen molar-refractivity contribution >= 4 is 17.3 Å². The highest BCUT2D eigenvalue weighted by Crippen LogP contribution is 2.37. The lowest BCUT2D eigenvalue weighted by molar-refractivity contribution is -0.385. The first-order valence-electron chi connectivity index (χ1n) is 9.64. The number of nitrogens with zero attached hydrogens (tertiary/aromatic N) is 1. The molecular formula is C22H28N2O5. The Morgan fingerprint density at radius 1 is 1.10 bits per heavy atom. The molecule has 0 saturated carbocycles. The third-order valence-electron chi connectivity index (χ3n) is 4.63. The molecule has 0 unspecified atom stereocenters. The Hall–Kier alpha value is -3.09. The summed E-state index contributed by atoms with van der Waals surface area (Å²) in [7, 11) is 1.40. The average molecular weight is 400 g/mol. The summed E-state index contributed by atoms with van der Waals surface area (Å²) in [4.78, 5) is 24.1. The number of para-hydroxylation sites is 1. The molecule has 0 bridgehead atoms. The normalized spacial score (nSPS) is 10.9. The lowest BCUT2D eigenvalue weighted by Gasteiger charge is -2.20. The molecule has 0 aromatic heterocycles. The third kappa shape index (κ3) is 4.85. The maximum absolute atomic E-state index is 13.1. The number of rotatable bonds is 8. The van der Waals surface area contributed by atoms with E-state index in [1.165, 1.54) is 19.2 Å². The zero-order valence-electron chi connectivity index (χ0n) is 17.7. The number of methoxy groups -OCH3 is 1. The maximum Gasteiger partial charge on any atom is 0.286 e. The van der Waals surface area contributed by atoms with Crippen molar-refractivity contribution in [1.29, 1.82) is 0 Å². The predicted molar refractivity (Wildman–Crippen MR) is 113 cm³/mol. The number of nitro groups is 1. The van der Waals surface area contributed by atoms with Crippen LogP contribution in [0.1, 0.15) is 67.9 Å². The van der Waals surface area contributed by atoms with E-state index in [4.69, 9.17) is 9.47 Å². The number of carbonyl (C=O) groups is 1. The van der Waals surface area contributed by atoms with Gasteiger partial charge >= 0.3 is 0 Å². The summed E-state index contributed by atoms with van der Waals surface area (Å²) in [6, 6.07) is 8.46. The molecule has 2 rings (SSSR count). The Balaban J connectivity index is 2.59. The van der Waals surface area contributed by atoms with Gasteiger partial charge in [-0.1, -0.05) is 45.9 Å². The Bertz CT molecular complexity index is 880. The fourth-order valence-electron chi connectivity index (χ4n) is 3.19. The lowest BCUT2D eigenvalue weighted by Crippen LogP contribution is -2.17. The van der Waals surface area contributed by atoms with Crippen molar-refractivity contribution in [2.24, 2.45) is 0 Å². The van der Waals surface area contributed by atoms with E-state index in [1.54, 1.807) is 6.92 Å². The zero-order chi connectivity index (χ0) is 21.7. The van der Waals surface area contributed by atoms with Crippen LogP contribution in [0.3, 0.4) is 0 Å². The molecule has 2 aromatic rings. The number of hydrogen-bond acceptors (Lipinski definition) is 5. The lowest BCUT2D eigenvalue weighted by atomic mass is 9.92. The highest BCUT2D eigenvalue weighted by atomic mass is 16.6. The summed E-state index contributed by atoms with van der Waals surface area (Å²) in [5, 5.41) is 14.5. The molecule has 0 heterocycles. The summed E-state index contributed by atoms with van der Waals surface area (Å²) in [5.41, 5.74) is 2.24. The molecule has 0 aliphatic carbocycles. The molecule has 0 aliphatic heterocycles. The molecule has 156 valence electrons. The van der Waals surface area contributed by atoms with E-state index in [0.29, 0.717) is 12.3 Å². The van der Waals surface area contributed by atoms with Gasteiger partial charge in [0.25, 0.3) is 11.6 Å². The number of anilines is 1. The van der Waals surface area contributed by atoms with Gasteiger partial charge in [0, 0.05) is 11.8 Å². The van der Waals surface area contributed by atoms with Crippen LogP contribution in [0.15, 0.2) is 30.3 Å². The number of benzene rings is 2. The van der Waals surface area contributed by atoms with Crippen LogP contribution in [0.25, 0.3) is 0 Å². The second-order valence-electron chi connectivity index (χ2n) is 7.29. The number of amides is 1. The standard InChI is InChI=1S/C22H28N2O5/c1-7-29-20-11-17(18(24(26)27)12-19(20)28-6)22(25)23-21-15(13(2)3)9-8-10-16(21)14(4)5/h8-14H,7H2,1-6H3,(H,23,25). The first-order valence-corrected chi connectivity index (χ1v) is 9.64. The first-order chi connectivity index (χ1) is 13.7. The molecule has 7 nitrogen and oxygen atoms in total. The fourth-order valence-corrected chi connectivity index (χ4v) is 3.19. The van der Waals surface area contributed by atoms with E-state index < -0.39 is 10.8 Å². The van der Waals surface area contributed by atoms with Gasteiger partial charge in [-0.3, -0.25) is 14.9 Å². The maximum atomic E-state index is 13.1. The molecule has 2 aromatic carbocycles. The van der Waals surface area contributed by atoms with E-state index in [0.717, 1.165) is 11.1 Å². The summed E-state index contributed by atoms with van der Waals surface area (Å²) >= 11 is 0. The van der Waals surface area contributed by atoms with Gasteiger partial charge in [-0.15, -0.1) is 0 Å². The fraction of sp³-hybridized carbons (Fsp3) is 0.409. The molecule has 0 atom stereocenters. The zero-order valence-corrected chi connectivity index (χ0v) is 17.7. The van der Waals surface area contributed by atoms with Crippen LogP contribution >= 0.6 is 0 Å². The molecule has 29 heavy (non-hydrogen) atoms.